The molecule has 3 nitrogen and oxygen atoms in total. The molecule has 59 heavy (non-hydrogen) atoms. The molecule has 0 fully saturated rings. The molecule has 10 aromatic rings. The van der Waals surface area contributed by atoms with Crippen LogP contribution in [0.15, 0.2) is 229 Å². The van der Waals surface area contributed by atoms with Gasteiger partial charge >= 0.3 is 0 Å². The molecule has 280 valence electrons. The standard InChI is InChI=1S/C56H40N2O/c1-3-18-44-45-32-29-42(36-51(45)56(50(44)4-2,38-19-8-5-9-20-38)39-21-10-6-11-22-39)57(43-30-33-48-47-26-15-17-28-54(47)59-55(48)37-43)41-31-34-53-49(35-41)46-25-14-16-27-52(46)58(53)40-23-12-7-13-24-40/h3-37H,2H2,1H3/b18-3-. The van der Waals surface area contributed by atoms with Gasteiger partial charge in [-0.1, -0.05) is 146 Å². The molecule has 0 radical (unpaired) electrons. The van der Waals surface area contributed by atoms with Crippen molar-refractivity contribution in [2.75, 3.05) is 4.90 Å². The SMILES string of the molecule is C=CC1=C(/C=C\C)c2ccc(N(c3ccc4c(c3)oc3ccccc34)c3ccc4c(c3)c3ccccc3n4-c3ccccc3)cc2C1(c1ccccc1)c1ccccc1. The second-order valence-corrected chi connectivity index (χ2v) is 15.2. The van der Waals surface area contributed by atoms with E-state index in [0.29, 0.717) is 0 Å². The van der Waals surface area contributed by atoms with Gasteiger partial charge in [0.15, 0.2) is 0 Å². The van der Waals surface area contributed by atoms with Gasteiger partial charge < -0.3 is 13.9 Å². The summed E-state index contributed by atoms with van der Waals surface area (Å²) in [5, 5.41) is 4.61. The van der Waals surface area contributed by atoms with Gasteiger partial charge in [-0.25, -0.2) is 0 Å². The van der Waals surface area contributed by atoms with Crippen molar-refractivity contribution in [3.63, 3.8) is 0 Å². The maximum atomic E-state index is 6.53. The molecule has 1 aliphatic rings. The number of para-hydroxylation sites is 3. The van der Waals surface area contributed by atoms with Crippen LogP contribution < -0.4 is 4.90 Å². The molecule has 2 heterocycles. The van der Waals surface area contributed by atoms with Gasteiger partial charge in [0.05, 0.1) is 16.4 Å². The fraction of sp³-hybridized carbons (Fsp3) is 0.0357. The van der Waals surface area contributed by atoms with Crippen molar-refractivity contribution < 1.29 is 4.42 Å². The Labute approximate surface area is 343 Å². The minimum absolute atomic E-state index is 0.605. The van der Waals surface area contributed by atoms with Crippen LogP contribution in [-0.2, 0) is 5.41 Å². The van der Waals surface area contributed by atoms with Crippen LogP contribution in [0.2, 0.25) is 0 Å². The van der Waals surface area contributed by atoms with E-state index in [2.05, 4.69) is 223 Å². The second kappa shape index (κ2) is 13.8. The van der Waals surface area contributed by atoms with E-state index in [4.69, 9.17) is 4.42 Å². The molecule has 0 N–H and O–H groups in total. The van der Waals surface area contributed by atoms with Gasteiger partial charge in [-0.2, -0.15) is 0 Å². The zero-order valence-electron chi connectivity index (χ0n) is 32.7. The minimum Gasteiger partial charge on any atom is -0.456 e. The van der Waals surface area contributed by atoms with Crippen LogP contribution >= 0.6 is 0 Å². The monoisotopic (exact) mass is 756 g/mol. The minimum atomic E-state index is -0.605. The third-order valence-corrected chi connectivity index (χ3v) is 12.2. The Balaban J connectivity index is 1.20. The quantitative estimate of drug-likeness (QED) is 0.154. The number of nitrogens with zero attached hydrogens (tertiary/aromatic N) is 2. The summed E-state index contributed by atoms with van der Waals surface area (Å²) >= 11 is 0. The molecule has 0 saturated heterocycles. The van der Waals surface area contributed by atoms with Gasteiger partial charge in [0.2, 0.25) is 0 Å². The van der Waals surface area contributed by atoms with Crippen molar-refractivity contribution in [1.82, 2.24) is 4.57 Å². The first-order chi connectivity index (χ1) is 29.2. The summed E-state index contributed by atoms with van der Waals surface area (Å²) in [5.74, 6) is 0. The predicted octanol–water partition coefficient (Wildman–Crippen LogP) is 15.0. The first kappa shape index (κ1) is 34.6. The van der Waals surface area contributed by atoms with Crippen molar-refractivity contribution in [1.29, 1.82) is 0 Å². The molecule has 3 heteroatoms. The van der Waals surface area contributed by atoms with Crippen LogP contribution in [0.25, 0.3) is 55.0 Å². The third kappa shape index (κ3) is 5.21. The molecule has 0 aliphatic heterocycles. The molecule has 0 amide bonds. The van der Waals surface area contributed by atoms with E-state index in [1.165, 1.54) is 49.7 Å². The Kier molecular flexibility index (Phi) is 8.09. The maximum Gasteiger partial charge on any atom is 0.137 e. The zero-order chi connectivity index (χ0) is 39.5. The average molecular weight is 757 g/mol. The molecule has 8 aromatic carbocycles. The van der Waals surface area contributed by atoms with Crippen molar-refractivity contribution in [3.05, 3.63) is 247 Å². The summed E-state index contributed by atoms with van der Waals surface area (Å²) < 4.78 is 8.90. The van der Waals surface area contributed by atoms with Crippen LogP contribution in [0.3, 0.4) is 0 Å². The number of fused-ring (bicyclic) bond motifs is 7. The van der Waals surface area contributed by atoms with Crippen molar-refractivity contribution in [2.24, 2.45) is 0 Å². The normalized spacial score (nSPS) is 13.6. The topological polar surface area (TPSA) is 21.3 Å². The molecule has 0 spiro atoms. The van der Waals surface area contributed by atoms with E-state index in [-0.39, 0.29) is 0 Å². The van der Waals surface area contributed by atoms with Crippen molar-refractivity contribution in [3.8, 4) is 5.69 Å². The van der Waals surface area contributed by atoms with Crippen molar-refractivity contribution in [2.45, 2.75) is 12.3 Å². The summed E-state index contributed by atoms with van der Waals surface area (Å²) in [6.07, 6.45) is 6.45. The fourth-order valence-corrected chi connectivity index (χ4v) is 9.74. The first-order valence-electron chi connectivity index (χ1n) is 20.2. The first-order valence-corrected chi connectivity index (χ1v) is 20.2. The third-order valence-electron chi connectivity index (χ3n) is 12.2. The lowest BCUT2D eigenvalue weighted by Gasteiger charge is -2.35. The smallest absolute Gasteiger partial charge is 0.137 e. The molecule has 2 aromatic heterocycles. The van der Waals surface area contributed by atoms with Gasteiger partial charge in [0, 0.05) is 50.4 Å². The average Bonchev–Trinajstić information content (AvgIpc) is 3.93. The van der Waals surface area contributed by atoms with E-state index >= 15 is 0 Å². The molecule has 0 atom stereocenters. The number of allylic oxidation sites excluding steroid dienone is 5. The van der Waals surface area contributed by atoms with E-state index in [1.54, 1.807) is 0 Å². The van der Waals surface area contributed by atoms with Crippen LogP contribution in [0, 0.1) is 0 Å². The number of anilines is 3. The highest BCUT2D eigenvalue weighted by molar-refractivity contribution is 6.11. The number of aromatic nitrogens is 1. The number of rotatable bonds is 8. The molecule has 0 saturated carbocycles. The predicted molar refractivity (Wildman–Crippen MR) is 247 cm³/mol. The fourth-order valence-electron chi connectivity index (χ4n) is 9.74. The van der Waals surface area contributed by atoms with Gasteiger partial charge in [-0.3, -0.25) is 0 Å². The summed E-state index contributed by atoms with van der Waals surface area (Å²) in [6.45, 7) is 6.56. The van der Waals surface area contributed by atoms with Gasteiger partial charge in [0.25, 0.3) is 0 Å². The highest BCUT2D eigenvalue weighted by Gasteiger charge is 2.46. The van der Waals surface area contributed by atoms with Crippen LogP contribution in [0.5, 0.6) is 0 Å². The lowest BCUT2D eigenvalue weighted by atomic mass is 9.66. The maximum absolute atomic E-state index is 6.53. The number of hydrogen-bond acceptors (Lipinski definition) is 2. The second-order valence-electron chi connectivity index (χ2n) is 15.2. The summed E-state index contributed by atoms with van der Waals surface area (Å²) in [4.78, 5) is 2.39. The molecule has 0 bridgehead atoms. The highest BCUT2D eigenvalue weighted by atomic mass is 16.3. The van der Waals surface area contributed by atoms with E-state index in [9.17, 15) is 0 Å². The molecular formula is C56H40N2O. The van der Waals surface area contributed by atoms with Crippen molar-refractivity contribution >= 4 is 66.4 Å². The van der Waals surface area contributed by atoms with Gasteiger partial charge in [-0.05, 0) is 107 Å². The molecule has 11 rings (SSSR count). The summed E-state index contributed by atoms with van der Waals surface area (Å²) in [7, 11) is 0. The van der Waals surface area contributed by atoms with E-state index in [1.807, 2.05) is 12.1 Å². The molecular weight excluding hydrogens is 717 g/mol. The number of benzene rings is 8. The Morgan fingerprint density at radius 2 is 1.10 bits per heavy atom. The number of hydrogen-bond donors (Lipinski definition) is 0. The lowest BCUT2D eigenvalue weighted by Crippen LogP contribution is -2.29. The molecule has 0 unspecified atom stereocenters. The van der Waals surface area contributed by atoms with E-state index in [0.717, 1.165) is 50.2 Å². The van der Waals surface area contributed by atoms with Gasteiger partial charge in [-0.15, -0.1) is 0 Å². The van der Waals surface area contributed by atoms with E-state index < -0.39 is 5.41 Å². The lowest BCUT2D eigenvalue weighted by molar-refractivity contribution is 0.669. The Morgan fingerprint density at radius 3 is 1.83 bits per heavy atom. The molecule has 1 aliphatic carbocycles. The van der Waals surface area contributed by atoms with Crippen LogP contribution in [0.1, 0.15) is 29.2 Å². The Morgan fingerprint density at radius 1 is 0.525 bits per heavy atom. The summed E-state index contributed by atoms with van der Waals surface area (Å²) in [6, 6.07) is 70.0. The Bertz CT molecular complexity index is 3250. The Hall–Kier alpha value is -7.62. The zero-order valence-corrected chi connectivity index (χ0v) is 32.7. The van der Waals surface area contributed by atoms with Gasteiger partial charge in [0.1, 0.15) is 11.2 Å². The largest absolute Gasteiger partial charge is 0.456 e. The summed E-state index contributed by atoms with van der Waals surface area (Å²) in [5.41, 5.74) is 14.9. The van der Waals surface area contributed by atoms with Crippen LogP contribution in [0.4, 0.5) is 17.1 Å². The number of furan rings is 1. The van der Waals surface area contributed by atoms with Crippen LogP contribution in [-0.4, -0.2) is 4.57 Å². The highest BCUT2D eigenvalue weighted by Crippen LogP contribution is 2.56.